The predicted molar refractivity (Wildman–Crippen MR) is 213 cm³/mol. The second kappa shape index (κ2) is 27.1. The van der Waals surface area contributed by atoms with E-state index >= 15 is 0 Å². The first kappa shape index (κ1) is 50.4. The lowest BCUT2D eigenvalue weighted by Crippen LogP contribution is -2.56. The van der Waals surface area contributed by atoms with Crippen molar-refractivity contribution in [2.24, 2.45) is 29.0 Å². The summed E-state index contributed by atoms with van der Waals surface area (Å²) in [6, 6.07) is 3.03. The molecule has 0 bridgehead atoms. The molecule has 58 heavy (non-hydrogen) atoms. The zero-order chi connectivity index (χ0) is 43.8. The van der Waals surface area contributed by atoms with Gasteiger partial charge >= 0.3 is 5.97 Å². The summed E-state index contributed by atoms with van der Waals surface area (Å²) in [5.41, 5.74) is 17.3. The van der Waals surface area contributed by atoms with Gasteiger partial charge in [-0.3, -0.25) is 38.4 Å². The van der Waals surface area contributed by atoms with Crippen LogP contribution in [0, 0.1) is 11.8 Å². The van der Waals surface area contributed by atoms with Crippen LogP contribution in [0.4, 0.5) is 0 Å². The second-order valence-electron chi connectivity index (χ2n) is 14.8. The second-order valence-corrected chi connectivity index (χ2v) is 14.8. The molecule has 0 aliphatic rings. The Balaban J connectivity index is 2.93. The fourth-order valence-corrected chi connectivity index (χ4v) is 5.51. The summed E-state index contributed by atoms with van der Waals surface area (Å²) in [5.74, 6) is -7.18. The largest absolute Gasteiger partial charge is 0.480 e. The van der Waals surface area contributed by atoms with E-state index in [4.69, 9.17) is 17.2 Å². The summed E-state index contributed by atoms with van der Waals surface area (Å²) in [6.45, 7) is 5.91. The van der Waals surface area contributed by atoms with Crippen molar-refractivity contribution < 1.29 is 48.3 Å². The van der Waals surface area contributed by atoms with Gasteiger partial charge in [-0.1, -0.05) is 64.4 Å². The molecule has 0 aliphatic carbocycles. The van der Waals surface area contributed by atoms with E-state index in [1.54, 1.807) is 44.2 Å². The highest BCUT2D eigenvalue weighted by Crippen LogP contribution is 2.09. The van der Waals surface area contributed by atoms with E-state index in [0.29, 0.717) is 31.4 Å². The Morgan fingerprint density at radius 1 is 0.603 bits per heavy atom. The maximum atomic E-state index is 13.6. The van der Waals surface area contributed by atoms with E-state index in [9.17, 15) is 48.3 Å². The Hall–Kier alpha value is -5.63. The average molecular weight is 819 g/mol. The van der Waals surface area contributed by atoms with Gasteiger partial charge in [0.05, 0.1) is 25.7 Å². The first-order chi connectivity index (χ1) is 27.3. The summed E-state index contributed by atoms with van der Waals surface area (Å²) < 4.78 is 0. The van der Waals surface area contributed by atoms with E-state index in [1.165, 1.54) is 0 Å². The predicted octanol–water partition coefficient (Wildman–Crippen LogP) is -2.58. The molecule has 8 amide bonds. The Morgan fingerprint density at radius 3 is 1.67 bits per heavy atom. The molecular formula is C38H62N10O10. The van der Waals surface area contributed by atoms with Gasteiger partial charge in [0, 0.05) is 12.8 Å². The van der Waals surface area contributed by atoms with Gasteiger partial charge in [0.15, 0.2) is 0 Å². The lowest BCUT2D eigenvalue weighted by molar-refractivity contribution is -0.142. The fraction of sp³-hybridized carbons (Fsp3) is 0.605. The van der Waals surface area contributed by atoms with Gasteiger partial charge in [0.2, 0.25) is 47.3 Å². The quantitative estimate of drug-likeness (QED) is 0.0389. The number of unbranched alkanes of at least 4 members (excludes halogenated alkanes) is 1. The van der Waals surface area contributed by atoms with E-state index < -0.39 is 103 Å². The Kier molecular flexibility index (Phi) is 23.5. The Morgan fingerprint density at radius 2 is 1.12 bits per heavy atom. The smallest absolute Gasteiger partial charge is 0.326 e. The Labute approximate surface area is 338 Å². The van der Waals surface area contributed by atoms with Gasteiger partial charge in [-0.25, -0.2) is 4.79 Å². The van der Waals surface area contributed by atoms with E-state index in [1.807, 2.05) is 13.8 Å². The molecule has 5 atom stereocenters. The SMILES string of the molecule is CC(C)C[C@H](NC(=O)CNC(=O)[C@H](CC(C)C)NC(=O)[C@H](Cc1ccccc1)NC(=O)CNC(=O)CNC(=O)[C@H](CCC(N)=O)NC(=O)[C@@H](N)CCCCN)C(=O)O. The first-order valence-corrected chi connectivity index (χ1v) is 19.3. The van der Waals surface area contributed by atoms with Crippen LogP contribution < -0.4 is 54.4 Å². The van der Waals surface area contributed by atoms with E-state index in [0.717, 1.165) is 0 Å². The van der Waals surface area contributed by atoms with Gasteiger partial charge in [0.1, 0.15) is 24.2 Å². The zero-order valence-corrected chi connectivity index (χ0v) is 33.8. The highest BCUT2D eigenvalue weighted by Gasteiger charge is 2.29. The van der Waals surface area contributed by atoms with Crippen LogP contribution in [0.1, 0.15) is 78.2 Å². The minimum absolute atomic E-state index is 0.00234. The molecule has 0 fully saturated rings. The normalized spacial score (nSPS) is 13.5. The molecule has 1 rings (SSSR count). The number of carbonyl (C=O) groups excluding carboxylic acids is 8. The molecule has 0 heterocycles. The van der Waals surface area contributed by atoms with Crippen molar-refractivity contribution in [3.05, 3.63) is 35.9 Å². The molecule has 0 aliphatic heterocycles. The third kappa shape index (κ3) is 21.6. The van der Waals surface area contributed by atoms with Gasteiger partial charge in [-0.15, -0.1) is 0 Å². The van der Waals surface area contributed by atoms with Crippen molar-refractivity contribution >= 4 is 53.2 Å². The number of amides is 8. The van der Waals surface area contributed by atoms with Crippen molar-refractivity contribution in [1.29, 1.82) is 0 Å². The van der Waals surface area contributed by atoms with Crippen LogP contribution in [0.2, 0.25) is 0 Å². The summed E-state index contributed by atoms with van der Waals surface area (Å²) in [4.78, 5) is 113. The number of carbonyl (C=O) groups is 9. The van der Waals surface area contributed by atoms with E-state index in [2.05, 4.69) is 37.2 Å². The van der Waals surface area contributed by atoms with E-state index in [-0.39, 0.29) is 43.9 Å². The molecule has 0 saturated carbocycles. The van der Waals surface area contributed by atoms with Crippen LogP contribution in [0.15, 0.2) is 30.3 Å². The molecule has 20 nitrogen and oxygen atoms in total. The van der Waals surface area contributed by atoms with Crippen LogP contribution in [-0.2, 0) is 49.6 Å². The zero-order valence-electron chi connectivity index (χ0n) is 33.8. The molecule has 0 aromatic heterocycles. The number of rotatable bonds is 28. The van der Waals surface area contributed by atoms with Gasteiger partial charge < -0.3 is 59.5 Å². The van der Waals surface area contributed by atoms with Crippen molar-refractivity contribution in [2.75, 3.05) is 26.2 Å². The van der Waals surface area contributed by atoms with Crippen LogP contribution >= 0.6 is 0 Å². The Bertz CT molecular complexity index is 1540. The molecule has 324 valence electrons. The summed E-state index contributed by atoms with van der Waals surface area (Å²) >= 11 is 0. The van der Waals surface area contributed by atoms with Gasteiger partial charge in [0.25, 0.3) is 0 Å². The van der Waals surface area contributed by atoms with Crippen molar-refractivity contribution in [3.63, 3.8) is 0 Å². The number of nitrogens with two attached hydrogens (primary N) is 3. The van der Waals surface area contributed by atoms with Crippen molar-refractivity contribution in [2.45, 2.75) is 109 Å². The number of aliphatic carboxylic acids is 1. The monoisotopic (exact) mass is 818 g/mol. The lowest BCUT2D eigenvalue weighted by Gasteiger charge is -2.24. The third-order valence-electron chi connectivity index (χ3n) is 8.53. The molecular weight excluding hydrogens is 756 g/mol. The van der Waals surface area contributed by atoms with Gasteiger partial charge in [-0.2, -0.15) is 0 Å². The summed E-state index contributed by atoms with van der Waals surface area (Å²) in [6.07, 6.45) is 1.51. The molecule has 0 unspecified atom stereocenters. The maximum Gasteiger partial charge on any atom is 0.326 e. The topological polar surface area (TPSA) is 336 Å². The number of hydrogen-bond acceptors (Lipinski definition) is 11. The van der Waals surface area contributed by atoms with Crippen molar-refractivity contribution in [1.82, 2.24) is 37.2 Å². The minimum atomic E-state index is -1.23. The summed E-state index contributed by atoms with van der Waals surface area (Å²) in [5, 5.41) is 26.6. The number of primary amides is 1. The summed E-state index contributed by atoms with van der Waals surface area (Å²) in [7, 11) is 0. The average Bonchev–Trinajstić information content (AvgIpc) is 3.15. The first-order valence-electron chi connectivity index (χ1n) is 19.3. The highest BCUT2D eigenvalue weighted by atomic mass is 16.4. The molecule has 1 aromatic carbocycles. The molecule has 20 heteroatoms. The third-order valence-corrected chi connectivity index (χ3v) is 8.53. The molecule has 0 saturated heterocycles. The maximum absolute atomic E-state index is 13.6. The van der Waals surface area contributed by atoms with Crippen LogP contribution in [-0.4, -0.2) is 115 Å². The van der Waals surface area contributed by atoms with Gasteiger partial charge in [-0.05, 0) is 56.0 Å². The molecule has 0 spiro atoms. The lowest BCUT2D eigenvalue weighted by atomic mass is 10.0. The molecule has 1 aromatic rings. The van der Waals surface area contributed by atoms with Crippen LogP contribution in [0.25, 0.3) is 0 Å². The minimum Gasteiger partial charge on any atom is -0.480 e. The number of nitrogens with one attached hydrogen (secondary N) is 7. The standard InChI is InChI=1S/C38H62N10O10/c1-22(2)16-27(36(55)44-21-33(52)46-29(38(57)58)17-23(3)4)48-37(56)28(18-24-10-6-5-7-11-24)45-32(51)20-42-31(50)19-43-35(54)26(13-14-30(41)49)47-34(53)25(40)12-8-9-15-39/h5-7,10-11,22-23,25-29H,8-9,12-21,39-40H2,1-4H3,(H2,41,49)(H,42,50)(H,43,54)(H,44,55)(H,45,51)(H,46,52)(H,47,53)(H,48,56)(H,57,58)/t25-,26-,27-,28-,29-/m0/s1. The van der Waals surface area contributed by atoms with Crippen LogP contribution in [0.5, 0.6) is 0 Å². The number of hydrogen-bond donors (Lipinski definition) is 11. The number of benzene rings is 1. The number of carboxylic acids is 1. The fourth-order valence-electron chi connectivity index (χ4n) is 5.51. The van der Waals surface area contributed by atoms with Crippen LogP contribution in [0.3, 0.4) is 0 Å². The highest BCUT2D eigenvalue weighted by molar-refractivity contribution is 5.95. The molecule has 14 N–H and O–H groups in total. The molecule has 0 radical (unpaired) electrons. The van der Waals surface area contributed by atoms with Crippen molar-refractivity contribution in [3.8, 4) is 0 Å². The number of carboxylic acid groups (broad SMARTS) is 1.